The minimum atomic E-state index is -0.949. The maximum atomic E-state index is 11.3. The molecular formula is C13H16BBrO4. The average Bonchev–Trinajstić information content (AvgIpc) is 2.38. The quantitative estimate of drug-likeness (QED) is 0.680. The fourth-order valence-corrected chi connectivity index (χ4v) is 2.45. The van der Waals surface area contributed by atoms with Gasteiger partial charge in [0.05, 0.1) is 0 Å². The van der Waals surface area contributed by atoms with Gasteiger partial charge >= 0.3 is 13.1 Å². The second-order valence-electron chi connectivity index (χ2n) is 5.36. The molecule has 1 atom stereocenters. The van der Waals surface area contributed by atoms with Crippen molar-refractivity contribution in [2.24, 2.45) is 5.41 Å². The summed E-state index contributed by atoms with van der Waals surface area (Å²) in [7, 11) is -0.617. The second kappa shape index (κ2) is 5.65. The first-order valence-corrected chi connectivity index (χ1v) is 7.21. The number of rotatable bonds is 3. The number of aliphatic carboxylic acids is 1. The highest BCUT2D eigenvalue weighted by molar-refractivity contribution is 9.08. The van der Waals surface area contributed by atoms with Crippen molar-refractivity contribution in [3.8, 4) is 0 Å². The van der Waals surface area contributed by atoms with Crippen molar-refractivity contribution < 1.29 is 19.2 Å². The van der Waals surface area contributed by atoms with Crippen molar-refractivity contribution >= 4 is 34.5 Å². The molecule has 1 fully saturated rings. The normalized spacial score (nSPS) is 22.3. The van der Waals surface area contributed by atoms with E-state index in [1.165, 1.54) is 0 Å². The average molecular weight is 327 g/mol. The summed E-state index contributed by atoms with van der Waals surface area (Å²) in [5.74, 6) is -0.949. The van der Waals surface area contributed by atoms with Crippen molar-refractivity contribution in [1.82, 2.24) is 0 Å². The van der Waals surface area contributed by atoms with Crippen LogP contribution in [0.15, 0.2) is 24.3 Å². The van der Waals surface area contributed by atoms with Gasteiger partial charge in [-0.1, -0.05) is 54.0 Å². The summed E-state index contributed by atoms with van der Waals surface area (Å²) >= 11 is 3.39. The first-order valence-electron chi connectivity index (χ1n) is 6.09. The minimum Gasteiger partial charge on any atom is -0.479 e. The maximum absolute atomic E-state index is 11.3. The molecule has 102 valence electrons. The lowest BCUT2D eigenvalue weighted by molar-refractivity contribution is -0.157. The first-order chi connectivity index (χ1) is 8.94. The molecule has 0 saturated carbocycles. The van der Waals surface area contributed by atoms with Gasteiger partial charge in [0.25, 0.3) is 0 Å². The molecule has 2 rings (SSSR count). The molecule has 0 bridgehead atoms. The lowest BCUT2D eigenvalue weighted by atomic mass is 9.73. The van der Waals surface area contributed by atoms with E-state index in [9.17, 15) is 9.90 Å². The third-order valence-corrected chi connectivity index (χ3v) is 3.83. The van der Waals surface area contributed by atoms with Gasteiger partial charge in [0, 0.05) is 17.4 Å². The molecule has 6 heteroatoms. The Morgan fingerprint density at radius 2 is 2.32 bits per heavy atom. The number of hydrogen-bond donors (Lipinski definition) is 1. The van der Waals surface area contributed by atoms with Gasteiger partial charge in [-0.05, 0) is 11.0 Å². The van der Waals surface area contributed by atoms with Crippen molar-refractivity contribution in [2.75, 3.05) is 6.61 Å². The van der Waals surface area contributed by atoms with Crippen molar-refractivity contribution in [2.45, 2.75) is 25.3 Å². The molecule has 1 aliphatic rings. The summed E-state index contributed by atoms with van der Waals surface area (Å²) < 4.78 is 11.3. The standard InChI is InChI=1S/C13H16BBrO4/c1-13(2)8-18-14(19-11(13)12(16)17)10-5-3-4-9(6-10)7-15/h3-6,11H,7-8H2,1-2H3,(H,16,17). The Hall–Kier alpha value is -0.845. The summed E-state index contributed by atoms with van der Waals surface area (Å²) in [4.78, 5) is 11.3. The van der Waals surface area contributed by atoms with E-state index in [2.05, 4.69) is 15.9 Å². The topological polar surface area (TPSA) is 55.8 Å². The number of carboxylic acids is 1. The number of alkyl halides is 1. The van der Waals surface area contributed by atoms with Gasteiger partial charge in [-0.15, -0.1) is 0 Å². The van der Waals surface area contributed by atoms with Gasteiger partial charge in [0.2, 0.25) is 0 Å². The van der Waals surface area contributed by atoms with E-state index >= 15 is 0 Å². The molecule has 0 aliphatic carbocycles. The van der Waals surface area contributed by atoms with E-state index < -0.39 is 24.6 Å². The van der Waals surface area contributed by atoms with Gasteiger partial charge in [-0.2, -0.15) is 0 Å². The predicted molar refractivity (Wildman–Crippen MR) is 76.7 cm³/mol. The molecule has 4 nitrogen and oxygen atoms in total. The van der Waals surface area contributed by atoms with E-state index in [0.717, 1.165) is 16.4 Å². The molecular weight excluding hydrogens is 311 g/mol. The number of hydrogen-bond acceptors (Lipinski definition) is 3. The molecule has 1 N–H and O–H groups in total. The Morgan fingerprint density at radius 1 is 1.58 bits per heavy atom. The molecule has 1 saturated heterocycles. The van der Waals surface area contributed by atoms with Crippen LogP contribution in [0.25, 0.3) is 0 Å². The zero-order valence-corrected chi connectivity index (χ0v) is 12.5. The predicted octanol–water partition coefficient (Wildman–Crippen LogP) is 1.80. The van der Waals surface area contributed by atoms with Gasteiger partial charge in [-0.25, -0.2) is 4.79 Å². The van der Waals surface area contributed by atoms with Crippen LogP contribution in [0.3, 0.4) is 0 Å². The van der Waals surface area contributed by atoms with Crippen molar-refractivity contribution in [1.29, 1.82) is 0 Å². The molecule has 0 aromatic heterocycles. The highest BCUT2D eigenvalue weighted by Gasteiger charge is 2.45. The Morgan fingerprint density at radius 3 is 2.95 bits per heavy atom. The van der Waals surface area contributed by atoms with Gasteiger partial charge < -0.3 is 14.4 Å². The van der Waals surface area contributed by atoms with Crippen LogP contribution in [0.2, 0.25) is 0 Å². The monoisotopic (exact) mass is 326 g/mol. The Bertz CT molecular complexity index is 477. The van der Waals surface area contributed by atoms with Crippen LogP contribution in [0.1, 0.15) is 19.4 Å². The SMILES string of the molecule is CC1(C)COB(c2cccc(CBr)c2)OC1C(=O)O. The summed E-state index contributed by atoms with van der Waals surface area (Å²) in [6.45, 7) is 4.01. The lowest BCUT2D eigenvalue weighted by Gasteiger charge is -2.38. The molecule has 1 heterocycles. The Balaban J connectivity index is 2.20. The largest absolute Gasteiger partial charge is 0.494 e. The van der Waals surface area contributed by atoms with Crippen LogP contribution in [0.4, 0.5) is 0 Å². The van der Waals surface area contributed by atoms with E-state index in [0.29, 0.717) is 6.61 Å². The third kappa shape index (κ3) is 3.19. The number of halogens is 1. The zero-order chi connectivity index (χ0) is 14.0. The van der Waals surface area contributed by atoms with Crippen LogP contribution in [0.5, 0.6) is 0 Å². The molecule has 0 spiro atoms. The van der Waals surface area contributed by atoms with Crippen LogP contribution in [0, 0.1) is 5.41 Å². The summed E-state index contributed by atoms with van der Waals surface area (Å²) in [5, 5.41) is 9.99. The van der Waals surface area contributed by atoms with Crippen LogP contribution in [-0.2, 0) is 19.4 Å². The van der Waals surface area contributed by atoms with Gasteiger partial charge in [0.1, 0.15) is 6.10 Å². The molecule has 1 aromatic carbocycles. The number of carboxylic acid groups (broad SMARTS) is 1. The zero-order valence-electron chi connectivity index (χ0n) is 10.9. The highest BCUT2D eigenvalue weighted by Crippen LogP contribution is 2.29. The van der Waals surface area contributed by atoms with Gasteiger partial charge in [-0.3, -0.25) is 0 Å². The van der Waals surface area contributed by atoms with Crippen LogP contribution >= 0.6 is 15.9 Å². The summed E-state index contributed by atoms with van der Waals surface area (Å²) in [6, 6.07) is 7.73. The van der Waals surface area contributed by atoms with Gasteiger partial charge in [0.15, 0.2) is 0 Å². The molecule has 0 amide bonds. The third-order valence-electron chi connectivity index (χ3n) is 3.18. The fourth-order valence-electron chi connectivity index (χ4n) is 2.10. The van der Waals surface area contributed by atoms with E-state index in [4.69, 9.17) is 9.31 Å². The Kier molecular flexibility index (Phi) is 4.33. The first kappa shape index (κ1) is 14.6. The number of benzene rings is 1. The fraction of sp³-hybridized carbons (Fsp3) is 0.462. The van der Waals surface area contributed by atoms with Crippen LogP contribution < -0.4 is 5.46 Å². The number of carbonyl (C=O) groups is 1. The molecule has 19 heavy (non-hydrogen) atoms. The minimum absolute atomic E-state index is 0.354. The summed E-state index contributed by atoms with van der Waals surface area (Å²) in [5.41, 5.74) is 1.41. The molecule has 1 aliphatic heterocycles. The van der Waals surface area contributed by atoms with E-state index in [-0.39, 0.29) is 0 Å². The summed E-state index contributed by atoms with van der Waals surface area (Å²) in [6.07, 6.45) is -0.862. The van der Waals surface area contributed by atoms with E-state index in [1.54, 1.807) is 0 Å². The van der Waals surface area contributed by atoms with Crippen LogP contribution in [-0.4, -0.2) is 30.9 Å². The van der Waals surface area contributed by atoms with Crippen molar-refractivity contribution in [3.63, 3.8) is 0 Å². The Labute approximate surface area is 121 Å². The smallest absolute Gasteiger partial charge is 0.479 e. The molecule has 0 radical (unpaired) electrons. The van der Waals surface area contributed by atoms with Crippen molar-refractivity contribution in [3.05, 3.63) is 29.8 Å². The van der Waals surface area contributed by atoms with E-state index in [1.807, 2.05) is 38.1 Å². The highest BCUT2D eigenvalue weighted by atomic mass is 79.9. The molecule has 1 unspecified atom stereocenters. The second-order valence-corrected chi connectivity index (χ2v) is 5.93. The lowest BCUT2D eigenvalue weighted by Crippen LogP contribution is -2.55. The molecule has 1 aromatic rings. The maximum Gasteiger partial charge on any atom is 0.494 e.